The Morgan fingerprint density at radius 3 is 2.89 bits per heavy atom. The van der Waals surface area contributed by atoms with E-state index in [1.165, 1.54) is 0 Å². The van der Waals surface area contributed by atoms with Crippen molar-refractivity contribution < 1.29 is 19.2 Å². The normalized spacial score (nSPS) is 16.3. The van der Waals surface area contributed by atoms with Crippen LogP contribution in [0.3, 0.4) is 0 Å². The van der Waals surface area contributed by atoms with Gasteiger partial charge in [0.15, 0.2) is 5.82 Å². The van der Waals surface area contributed by atoms with Crippen molar-refractivity contribution in [3.63, 3.8) is 0 Å². The molecule has 1 aliphatic rings. The Kier molecular flexibility index (Phi) is 3.61. The number of amides is 1. The fourth-order valence-electron chi connectivity index (χ4n) is 1.80. The minimum atomic E-state index is -0.770. The SMILES string of the molecule is Cc1cc(NC(=O)CCN2CC(C(=O)O)C2)no1. The molecule has 0 unspecified atom stereocenters. The number of carboxylic acids is 1. The molecule has 0 atom stereocenters. The number of aromatic nitrogens is 1. The summed E-state index contributed by atoms with van der Waals surface area (Å²) in [5, 5.41) is 15.0. The predicted molar refractivity (Wildman–Crippen MR) is 62.1 cm³/mol. The molecule has 1 fully saturated rings. The van der Waals surface area contributed by atoms with Gasteiger partial charge < -0.3 is 19.8 Å². The summed E-state index contributed by atoms with van der Waals surface area (Å²) in [5.41, 5.74) is 0. The van der Waals surface area contributed by atoms with Gasteiger partial charge in [0.1, 0.15) is 5.76 Å². The molecular formula is C11H15N3O4. The maximum absolute atomic E-state index is 11.5. The lowest BCUT2D eigenvalue weighted by Crippen LogP contribution is -2.50. The smallest absolute Gasteiger partial charge is 0.309 e. The van der Waals surface area contributed by atoms with Crippen LogP contribution in [-0.4, -0.2) is 46.7 Å². The van der Waals surface area contributed by atoms with Gasteiger partial charge in [-0.15, -0.1) is 0 Å². The fraction of sp³-hybridized carbons (Fsp3) is 0.545. The number of nitrogens with zero attached hydrogens (tertiary/aromatic N) is 2. The van der Waals surface area contributed by atoms with Gasteiger partial charge in [0, 0.05) is 32.1 Å². The molecule has 0 radical (unpaired) electrons. The van der Waals surface area contributed by atoms with Crippen LogP contribution in [0.1, 0.15) is 12.2 Å². The van der Waals surface area contributed by atoms with Crippen LogP contribution in [0.2, 0.25) is 0 Å². The number of aryl methyl sites for hydroxylation is 1. The number of carboxylic acid groups (broad SMARTS) is 1. The summed E-state index contributed by atoms with van der Waals surface area (Å²) in [6.45, 7) is 3.35. The Morgan fingerprint density at radius 2 is 2.33 bits per heavy atom. The van der Waals surface area contributed by atoms with Crippen LogP contribution in [0.4, 0.5) is 5.82 Å². The van der Waals surface area contributed by atoms with E-state index < -0.39 is 5.97 Å². The first-order valence-corrected chi connectivity index (χ1v) is 5.73. The predicted octanol–water partition coefficient (Wildman–Crippen LogP) is 0.328. The van der Waals surface area contributed by atoms with E-state index in [9.17, 15) is 9.59 Å². The first kappa shape index (κ1) is 12.6. The lowest BCUT2D eigenvalue weighted by Gasteiger charge is -2.36. The Balaban J connectivity index is 1.66. The van der Waals surface area contributed by atoms with E-state index in [0.717, 1.165) is 0 Å². The Morgan fingerprint density at radius 1 is 1.61 bits per heavy atom. The largest absolute Gasteiger partial charge is 0.481 e. The fourth-order valence-corrected chi connectivity index (χ4v) is 1.80. The molecule has 0 saturated carbocycles. The second-order valence-corrected chi connectivity index (χ2v) is 4.42. The molecule has 98 valence electrons. The van der Waals surface area contributed by atoms with Crippen LogP contribution >= 0.6 is 0 Å². The van der Waals surface area contributed by atoms with E-state index in [1.807, 2.05) is 4.90 Å². The molecule has 0 spiro atoms. The zero-order valence-electron chi connectivity index (χ0n) is 10.0. The third kappa shape index (κ3) is 3.07. The number of carbonyl (C=O) groups excluding carboxylic acids is 1. The Hall–Kier alpha value is -1.89. The Labute approximate surface area is 104 Å². The highest BCUT2D eigenvalue weighted by Gasteiger charge is 2.32. The molecule has 0 bridgehead atoms. The number of aliphatic carboxylic acids is 1. The van der Waals surface area contributed by atoms with Crippen LogP contribution in [0.15, 0.2) is 10.6 Å². The van der Waals surface area contributed by atoms with Crippen LogP contribution < -0.4 is 5.32 Å². The Bertz CT molecular complexity index is 451. The number of likely N-dealkylation sites (tertiary alicyclic amines) is 1. The maximum Gasteiger partial charge on any atom is 0.309 e. The number of hydrogen-bond donors (Lipinski definition) is 2. The molecule has 1 aromatic heterocycles. The molecule has 1 saturated heterocycles. The van der Waals surface area contributed by atoms with E-state index in [4.69, 9.17) is 9.63 Å². The monoisotopic (exact) mass is 253 g/mol. The topological polar surface area (TPSA) is 95.7 Å². The highest BCUT2D eigenvalue weighted by molar-refractivity contribution is 5.89. The molecule has 2 rings (SSSR count). The molecular weight excluding hydrogens is 238 g/mol. The summed E-state index contributed by atoms with van der Waals surface area (Å²) in [6.07, 6.45) is 0.318. The highest BCUT2D eigenvalue weighted by atomic mass is 16.5. The van der Waals surface area contributed by atoms with Crippen molar-refractivity contribution in [3.8, 4) is 0 Å². The molecule has 1 aliphatic heterocycles. The van der Waals surface area contributed by atoms with E-state index in [0.29, 0.717) is 37.6 Å². The van der Waals surface area contributed by atoms with Gasteiger partial charge in [-0.25, -0.2) is 0 Å². The second-order valence-electron chi connectivity index (χ2n) is 4.42. The van der Waals surface area contributed by atoms with Crippen molar-refractivity contribution in [2.24, 2.45) is 5.92 Å². The molecule has 7 heteroatoms. The number of anilines is 1. The van der Waals surface area contributed by atoms with Crippen molar-refractivity contribution in [1.29, 1.82) is 0 Å². The second kappa shape index (κ2) is 5.18. The third-order valence-electron chi connectivity index (χ3n) is 2.86. The first-order valence-electron chi connectivity index (χ1n) is 5.73. The van der Waals surface area contributed by atoms with E-state index in [2.05, 4.69) is 10.5 Å². The lowest BCUT2D eigenvalue weighted by atomic mass is 10.0. The molecule has 0 aromatic carbocycles. The number of hydrogen-bond acceptors (Lipinski definition) is 5. The van der Waals surface area contributed by atoms with Gasteiger partial charge in [-0.3, -0.25) is 9.59 Å². The quantitative estimate of drug-likeness (QED) is 0.785. The molecule has 2 heterocycles. The highest BCUT2D eigenvalue weighted by Crippen LogP contribution is 2.15. The lowest BCUT2D eigenvalue weighted by molar-refractivity contribution is -0.147. The van der Waals surface area contributed by atoms with Gasteiger partial charge in [0.2, 0.25) is 5.91 Å². The molecule has 18 heavy (non-hydrogen) atoms. The molecule has 1 aromatic rings. The zero-order chi connectivity index (χ0) is 13.1. The summed E-state index contributed by atoms with van der Waals surface area (Å²) < 4.78 is 4.82. The average molecular weight is 253 g/mol. The average Bonchev–Trinajstić information content (AvgIpc) is 2.60. The van der Waals surface area contributed by atoms with Gasteiger partial charge in [-0.2, -0.15) is 0 Å². The van der Waals surface area contributed by atoms with Crippen LogP contribution in [0.5, 0.6) is 0 Å². The standard InChI is InChI=1S/C11H15N3O4/c1-7-4-9(13-18-7)12-10(15)2-3-14-5-8(6-14)11(16)17/h4,8H,2-3,5-6H2,1H3,(H,16,17)(H,12,13,15). The van der Waals surface area contributed by atoms with Crippen LogP contribution in [0, 0.1) is 12.8 Å². The van der Waals surface area contributed by atoms with Gasteiger partial charge in [0.05, 0.1) is 5.92 Å². The third-order valence-corrected chi connectivity index (χ3v) is 2.86. The van der Waals surface area contributed by atoms with Crippen LogP contribution in [0.25, 0.3) is 0 Å². The van der Waals surface area contributed by atoms with E-state index in [1.54, 1.807) is 13.0 Å². The molecule has 2 N–H and O–H groups in total. The minimum Gasteiger partial charge on any atom is -0.481 e. The van der Waals surface area contributed by atoms with Gasteiger partial charge >= 0.3 is 5.97 Å². The minimum absolute atomic E-state index is 0.151. The van der Waals surface area contributed by atoms with Gasteiger partial charge in [0.25, 0.3) is 0 Å². The molecule has 7 nitrogen and oxygen atoms in total. The van der Waals surface area contributed by atoms with Gasteiger partial charge in [-0.05, 0) is 6.92 Å². The zero-order valence-corrected chi connectivity index (χ0v) is 10.0. The van der Waals surface area contributed by atoms with Crippen molar-refractivity contribution in [3.05, 3.63) is 11.8 Å². The number of carbonyl (C=O) groups is 2. The van der Waals surface area contributed by atoms with Crippen molar-refractivity contribution in [2.45, 2.75) is 13.3 Å². The summed E-state index contributed by atoms with van der Waals surface area (Å²) in [6, 6.07) is 1.64. The molecule has 1 amide bonds. The number of rotatable bonds is 5. The molecule has 0 aliphatic carbocycles. The number of nitrogens with one attached hydrogen (secondary N) is 1. The summed E-state index contributed by atoms with van der Waals surface area (Å²) >= 11 is 0. The van der Waals surface area contributed by atoms with Crippen molar-refractivity contribution >= 4 is 17.7 Å². The summed E-state index contributed by atoms with van der Waals surface area (Å²) in [5.74, 6) is -0.163. The van der Waals surface area contributed by atoms with Gasteiger partial charge in [-0.1, -0.05) is 5.16 Å². The van der Waals surface area contributed by atoms with E-state index in [-0.39, 0.29) is 11.8 Å². The van der Waals surface area contributed by atoms with Crippen molar-refractivity contribution in [2.75, 3.05) is 25.0 Å². The van der Waals surface area contributed by atoms with Crippen molar-refractivity contribution in [1.82, 2.24) is 10.1 Å². The summed E-state index contributed by atoms with van der Waals surface area (Å²) in [7, 11) is 0. The van der Waals surface area contributed by atoms with E-state index >= 15 is 0 Å². The van der Waals surface area contributed by atoms with Crippen LogP contribution in [-0.2, 0) is 9.59 Å². The first-order chi connectivity index (χ1) is 8.54. The summed E-state index contributed by atoms with van der Waals surface area (Å²) in [4.78, 5) is 24.1. The maximum atomic E-state index is 11.5.